The van der Waals surface area contributed by atoms with Gasteiger partial charge in [-0.2, -0.15) is 0 Å². The molecule has 1 unspecified atom stereocenters. The average Bonchev–Trinajstić information content (AvgIpc) is 3.37. The van der Waals surface area contributed by atoms with Crippen molar-refractivity contribution in [2.75, 3.05) is 13.2 Å². The maximum Gasteiger partial charge on any atom is 0.306 e. The smallest absolute Gasteiger partial charge is 0.306 e. The Morgan fingerprint density at radius 2 is 0.592 bits per heavy atom. The Bertz CT molecular complexity index is 1500. The van der Waals surface area contributed by atoms with Gasteiger partial charge in [-0.15, -0.1) is 0 Å². The summed E-state index contributed by atoms with van der Waals surface area (Å²) in [6, 6.07) is 0. The van der Waals surface area contributed by atoms with E-state index in [1.54, 1.807) is 0 Å². The SMILES string of the molecule is CC/C=C\C/C=C\C/C=C\C/C=C\C/C=C\CCCC(=O)OC(COC(=O)CC/C=C\C/C=C\C/C=C\C/C=C\CC)COC(=O)CCCCCCCCCCCCC/C=C\CCCCCCCCCC. The van der Waals surface area contributed by atoms with Crippen LogP contribution in [0.15, 0.2) is 122 Å². The third-order valence-electron chi connectivity index (χ3n) is 11.9. The summed E-state index contributed by atoms with van der Waals surface area (Å²) >= 11 is 0. The molecule has 6 nitrogen and oxygen atoms in total. The van der Waals surface area contributed by atoms with E-state index in [0.29, 0.717) is 19.3 Å². The van der Waals surface area contributed by atoms with Crippen molar-refractivity contribution in [3.63, 3.8) is 0 Å². The fourth-order valence-corrected chi connectivity index (χ4v) is 7.66. The van der Waals surface area contributed by atoms with E-state index in [1.165, 1.54) is 116 Å². The van der Waals surface area contributed by atoms with Gasteiger partial charge in [0.25, 0.3) is 0 Å². The lowest BCUT2D eigenvalue weighted by Gasteiger charge is -2.18. The summed E-state index contributed by atoms with van der Waals surface area (Å²) in [5, 5.41) is 0. The van der Waals surface area contributed by atoms with E-state index < -0.39 is 6.10 Å². The molecule has 0 aromatic rings. The van der Waals surface area contributed by atoms with Crippen LogP contribution < -0.4 is 0 Å². The van der Waals surface area contributed by atoms with Crippen molar-refractivity contribution in [3.05, 3.63) is 122 Å². The van der Waals surface area contributed by atoms with Crippen molar-refractivity contribution in [2.45, 2.75) is 258 Å². The van der Waals surface area contributed by atoms with E-state index in [4.69, 9.17) is 14.2 Å². The van der Waals surface area contributed by atoms with E-state index in [9.17, 15) is 14.4 Å². The predicted molar refractivity (Wildman–Crippen MR) is 306 cm³/mol. The van der Waals surface area contributed by atoms with Crippen LogP contribution in [0.3, 0.4) is 0 Å². The van der Waals surface area contributed by atoms with E-state index in [-0.39, 0.29) is 44.0 Å². The maximum absolute atomic E-state index is 12.8. The molecule has 0 heterocycles. The fourth-order valence-electron chi connectivity index (χ4n) is 7.66. The van der Waals surface area contributed by atoms with Gasteiger partial charge < -0.3 is 14.2 Å². The Morgan fingerprint density at radius 1 is 0.296 bits per heavy atom. The van der Waals surface area contributed by atoms with Gasteiger partial charge in [0.15, 0.2) is 6.10 Å². The average molecular weight is 984 g/mol. The molecule has 0 aliphatic heterocycles. The van der Waals surface area contributed by atoms with Gasteiger partial charge in [0.2, 0.25) is 0 Å². The molecule has 0 amide bonds. The summed E-state index contributed by atoms with van der Waals surface area (Å²) < 4.78 is 16.7. The maximum atomic E-state index is 12.8. The largest absolute Gasteiger partial charge is 0.462 e. The third-order valence-corrected chi connectivity index (χ3v) is 11.9. The van der Waals surface area contributed by atoms with Crippen LogP contribution in [0.25, 0.3) is 0 Å². The summed E-state index contributed by atoms with van der Waals surface area (Å²) in [7, 11) is 0. The molecule has 1 atom stereocenters. The van der Waals surface area contributed by atoms with E-state index in [1.807, 2.05) is 12.2 Å². The van der Waals surface area contributed by atoms with Crippen LogP contribution >= 0.6 is 0 Å². The van der Waals surface area contributed by atoms with Crippen molar-refractivity contribution in [3.8, 4) is 0 Å². The molecule has 0 radical (unpaired) electrons. The van der Waals surface area contributed by atoms with Gasteiger partial charge in [-0.1, -0.05) is 245 Å². The number of esters is 3. The van der Waals surface area contributed by atoms with Gasteiger partial charge in [0, 0.05) is 19.3 Å². The van der Waals surface area contributed by atoms with Gasteiger partial charge in [0.1, 0.15) is 13.2 Å². The molecule has 6 heteroatoms. The molecule has 0 spiro atoms. The van der Waals surface area contributed by atoms with Gasteiger partial charge in [0.05, 0.1) is 0 Å². The Kier molecular flexibility index (Phi) is 54.9. The fraction of sp³-hybridized carbons (Fsp3) is 0.646. The number of carbonyl (C=O) groups excluding carboxylic acids is 3. The predicted octanol–water partition coefficient (Wildman–Crippen LogP) is 19.6. The van der Waals surface area contributed by atoms with E-state index in [0.717, 1.165) is 83.5 Å². The second kappa shape index (κ2) is 58.4. The number of ether oxygens (including phenoxy) is 3. The number of unbranched alkanes of at least 4 members (excludes halogenated alkanes) is 20. The summed E-state index contributed by atoms with van der Waals surface area (Å²) in [5.41, 5.74) is 0. The summed E-state index contributed by atoms with van der Waals surface area (Å²) in [4.78, 5) is 38.1. The molecule has 0 saturated carbocycles. The van der Waals surface area contributed by atoms with E-state index >= 15 is 0 Å². The van der Waals surface area contributed by atoms with Crippen LogP contribution in [0.1, 0.15) is 252 Å². The van der Waals surface area contributed by atoms with Crippen LogP contribution in [-0.4, -0.2) is 37.2 Å². The molecule has 0 aromatic carbocycles. The summed E-state index contributed by atoms with van der Waals surface area (Å²) in [6.07, 6.45) is 80.8. The van der Waals surface area contributed by atoms with Gasteiger partial charge >= 0.3 is 17.9 Å². The lowest BCUT2D eigenvalue weighted by molar-refractivity contribution is -0.166. The number of carbonyl (C=O) groups is 3. The number of rotatable bonds is 51. The lowest BCUT2D eigenvalue weighted by Crippen LogP contribution is -2.30. The first kappa shape index (κ1) is 66.8. The van der Waals surface area contributed by atoms with Crippen LogP contribution in [0.4, 0.5) is 0 Å². The second-order valence-corrected chi connectivity index (χ2v) is 18.8. The Morgan fingerprint density at radius 3 is 1.00 bits per heavy atom. The highest BCUT2D eigenvalue weighted by Crippen LogP contribution is 2.15. The zero-order chi connectivity index (χ0) is 51.4. The molecule has 71 heavy (non-hydrogen) atoms. The molecule has 0 rings (SSSR count). The van der Waals surface area contributed by atoms with E-state index in [2.05, 4.69) is 130 Å². The Labute approximate surface area is 437 Å². The molecular formula is C65H106O6. The standard InChI is InChI=1S/C65H106O6/c1-4-7-10-13-16-19-22-25-27-29-30-31-32-33-34-36-37-40-43-46-49-52-55-58-64(67)70-61-62(60-69-63(66)57-54-51-48-45-42-39-24-21-18-15-12-9-6-3)71-65(68)59-56-53-50-47-44-41-38-35-28-26-23-20-17-14-11-8-5-2/h8-9,11-12,17-18,20-21,26,28-30,38-39,41-42,47-48,50-51,62H,4-7,10,13-16,19,22-25,27,31-37,40,43-46,49,52-61H2,1-3H3/b11-8-,12-9-,20-17-,21-18-,28-26-,30-29-,41-38-,42-39-,50-47-,51-48-. The number of hydrogen-bond donors (Lipinski definition) is 0. The first-order chi connectivity index (χ1) is 35.0. The summed E-state index contributed by atoms with van der Waals surface area (Å²) in [5.74, 6) is -1.07. The van der Waals surface area contributed by atoms with Crippen molar-refractivity contribution in [1.29, 1.82) is 0 Å². The number of hydrogen-bond acceptors (Lipinski definition) is 6. The second-order valence-electron chi connectivity index (χ2n) is 18.8. The minimum atomic E-state index is -0.840. The first-order valence-electron chi connectivity index (χ1n) is 29.0. The van der Waals surface area contributed by atoms with Crippen LogP contribution in [-0.2, 0) is 28.6 Å². The Hall–Kier alpha value is -4.19. The molecule has 0 aliphatic rings. The molecule has 0 aliphatic carbocycles. The van der Waals surface area contributed by atoms with Gasteiger partial charge in [-0.05, 0) is 109 Å². The monoisotopic (exact) mass is 983 g/mol. The zero-order valence-corrected chi connectivity index (χ0v) is 45.9. The van der Waals surface area contributed by atoms with Gasteiger partial charge in [-0.25, -0.2) is 0 Å². The molecule has 0 fully saturated rings. The molecule has 0 saturated heterocycles. The minimum Gasteiger partial charge on any atom is -0.462 e. The van der Waals surface area contributed by atoms with Crippen LogP contribution in [0.5, 0.6) is 0 Å². The van der Waals surface area contributed by atoms with Crippen LogP contribution in [0, 0.1) is 0 Å². The van der Waals surface area contributed by atoms with Gasteiger partial charge in [-0.3, -0.25) is 14.4 Å². The number of allylic oxidation sites excluding steroid dienone is 20. The zero-order valence-electron chi connectivity index (χ0n) is 45.9. The molecule has 0 N–H and O–H groups in total. The quantitative estimate of drug-likeness (QED) is 0.0261. The highest BCUT2D eigenvalue weighted by atomic mass is 16.6. The lowest BCUT2D eigenvalue weighted by atomic mass is 10.0. The molecular weight excluding hydrogens is 877 g/mol. The minimum absolute atomic E-state index is 0.125. The first-order valence-corrected chi connectivity index (χ1v) is 29.0. The van der Waals surface area contributed by atoms with Crippen molar-refractivity contribution in [1.82, 2.24) is 0 Å². The van der Waals surface area contributed by atoms with Crippen molar-refractivity contribution in [2.24, 2.45) is 0 Å². The third kappa shape index (κ3) is 56.6. The van der Waals surface area contributed by atoms with Crippen molar-refractivity contribution >= 4 is 17.9 Å². The Balaban J connectivity index is 4.45. The molecule has 0 aromatic heterocycles. The molecule has 402 valence electrons. The van der Waals surface area contributed by atoms with Crippen LogP contribution in [0.2, 0.25) is 0 Å². The normalized spacial score (nSPS) is 13.0. The topological polar surface area (TPSA) is 78.9 Å². The highest BCUT2D eigenvalue weighted by molar-refractivity contribution is 5.71. The molecule has 0 bridgehead atoms. The highest BCUT2D eigenvalue weighted by Gasteiger charge is 2.19. The summed E-state index contributed by atoms with van der Waals surface area (Å²) in [6.45, 7) is 6.30. The van der Waals surface area contributed by atoms with Crippen molar-refractivity contribution < 1.29 is 28.6 Å².